The number of aromatic nitrogens is 5. The number of nitrogens with one attached hydrogen (secondary N) is 1. The molecule has 1 N–H and O–H groups in total. The van der Waals surface area contributed by atoms with Crippen LogP contribution in [0.2, 0.25) is 0 Å². The third kappa shape index (κ3) is 4.18. The zero-order valence-electron chi connectivity index (χ0n) is 17.6. The van der Waals surface area contributed by atoms with E-state index in [0.29, 0.717) is 55.5 Å². The summed E-state index contributed by atoms with van der Waals surface area (Å²) in [6, 6.07) is 13.2. The van der Waals surface area contributed by atoms with Gasteiger partial charge in [0.15, 0.2) is 0 Å². The molecule has 3 aromatic heterocycles. The van der Waals surface area contributed by atoms with Crippen LogP contribution >= 0.6 is 0 Å². The van der Waals surface area contributed by atoms with Crippen molar-refractivity contribution in [1.29, 1.82) is 0 Å². The fourth-order valence-electron chi connectivity index (χ4n) is 4.14. The van der Waals surface area contributed by atoms with Crippen molar-refractivity contribution in [3.05, 3.63) is 70.7 Å². The summed E-state index contributed by atoms with van der Waals surface area (Å²) in [4.78, 5) is 29.4. The van der Waals surface area contributed by atoms with E-state index < -0.39 is 0 Å². The normalized spacial score (nSPS) is 14.8. The topological polar surface area (TPSA) is 109 Å². The maximum Gasteiger partial charge on any atom is 0.275 e. The van der Waals surface area contributed by atoms with E-state index in [-0.39, 0.29) is 17.4 Å². The van der Waals surface area contributed by atoms with Crippen molar-refractivity contribution in [2.45, 2.75) is 38.0 Å². The lowest BCUT2D eigenvalue weighted by molar-refractivity contribution is -0.132. The van der Waals surface area contributed by atoms with Gasteiger partial charge in [-0.1, -0.05) is 18.2 Å². The predicted molar refractivity (Wildman–Crippen MR) is 117 cm³/mol. The van der Waals surface area contributed by atoms with Crippen LogP contribution < -0.4 is 5.56 Å². The van der Waals surface area contributed by atoms with Gasteiger partial charge in [0.25, 0.3) is 5.56 Å². The maximum absolute atomic E-state index is 12.6. The molecule has 1 fully saturated rings. The summed E-state index contributed by atoms with van der Waals surface area (Å²) in [5.74, 6) is 2.07. The van der Waals surface area contributed by atoms with Crippen molar-refractivity contribution >= 4 is 11.4 Å². The van der Waals surface area contributed by atoms with Crippen molar-refractivity contribution < 1.29 is 9.21 Å². The molecule has 0 aliphatic carbocycles. The van der Waals surface area contributed by atoms with Gasteiger partial charge in [-0.25, -0.2) is 4.52 Å². The van der Waals surface area contributed by atoms with E-state index in [1.165, 1.54) is 0 Å². The number of aromatic amines is 1. The van der Waals surface area contributed by atoms with E-state index in [2.05, 4.69) is 20.3 Å². The average Bonchev–Trinajstić information content (AvgIpc) is 3.50. The van der Waals surface area contributed by atoms with Crippen LogP contribution in [-0.2, 0) is 11.2 Å². The molecular formula is C23H24N6O3. The maximum atomic E-state index is 12.6. The lowest BCUT2D eigenvalue weighted by Crippen LogP contribution is -2.37. The Hall–Kier alpha value is -3.75. The molecule has 0 atom stereocenters. The van der Waals surface area contributed by atoms with Crippen molar-refractivity contribution in [3.63, 3.8) is 0 Å². The molecule has 0 unspecified atom stereocenters. The molecule has 1 aliphatic rings. The van der Waals surface area contributed by atoms with Gasteiger partial charge in [-0.2, -0.15) is 5.10 Å². The average molecular weight is 432 g/mol. The minimum atomic E-state index is -0.162. The third-order valence-electron chi connectivity index (χ3n) is 5.91. The Morgan fingerprint density at radius 1 is 1.09 bits per heavy atom. The van der Waals surface area contributed by atoms with E-state index >= 15 is 0 Å². The molecule has 0 saturated carbocycles. The molecule has 0 bridgehead atoms. The second kappa shape index (κ2) is 8.78. The second-order valence-electron chi connectivity index (χ2n) is 8.06. The smallest absolute Gasteiger partial charge is 0.275 e. The van der Waals surface area contributed by atoms with Crippen molar-refractivity contribution in [2.75, 3.05) is 13.1 Å². The van der Waals surface area contributed by atoms with Crippen LogP contribution in [0.25, 0.3) is 17.0 Å². The van der Waals surface area contributed by atoms with E-state index in [0.717, 1.165) is 18.4 Å². The fourth-order valence-corrected chi connectivity index (χ4v) is 4.14. The first-order chi connectivity index (χ1) is 15.7. The summed E-state index contributed by atoms with van der Waals surface area (Å²) in [5, 5.41) is 12.8. The number of H-pyrrole nitrogens is 1. The van der Waals surface area contributed by atoms with Crippen LogP contribution in [0.5, 0.6) is 0 Å². The highest BCUT2D eigenvalue weighted by Crippen LogP contribution is 2.29. The molecule has 5 rings (SSSR count). The number of piperidine rings is 1. The minimum absolute atomic E-state index is 0.128. The zero-order chi connectivity index (χ0) is 21.9. The lowest BCUT2D eigenvalue weighted by Gasteiger charge is -2.30. The Kier molecular flexibility index (Phi) is 5.53. The van der Waals surface area contributed by atoms with Gasteiger partial charge in [-0.3, -0.25) is 9.59 Å². The van der Waals surface area contributed by atoms with Gasteiger partial charge in [0.05, 0.1) is 0 Å². The first-order valence-electron chi connectivity index (χ1n) is 10.9. The second-order valence-corrected chi connectivity index (χ2v) is 8.06. The molecule has 4 heterocycles. The molecular weight excluding hydrogens is 408 g/mol. The Labute approximate surface area is 184 Å². The molecule has 9 heteroatoms. The van der Waals surface area contributed by atoms with E-state index in [9.17, 15) is 9.59 Å². The number of likely N-dealkylation sites (tertiary alicyclic amines) is 1. The number of amides is 1. The molecule has 0 spiro atoms. The number of rotatable bonds is 6. The summed E-state index contributed by atoms with van der Waals surface area (Å²) in [7, 11) is 0. The first-order valence-corrected chi connectivity index (χ1v) is 10.9. The van der Waals surface area contributed by atoms with Crippen LogP contribution in [0.3, 0.4) is 0 Å². The molecule has 9 nitrogen and oxygen atoms in total. The van der Waals surface area contributed by atoms with Gasteiger partial charge in [-0.05, 0) is 43.5 Å². The van der Waals surface area contributed by atoms with Crippen LogP contribution in [-0.4, -0.2) is 48.7 Å². The summed E-state index contributed by atoms with van der Waals surface area (Å²) >= 11 is 0. The lowest BCUT2D eigenvalue weighted by atomic mass is 9.96. The summed E-state index contributed by atoms with van der Waals surface area (Å²) in [6.07, 6.45) is 4.98. The predicted octanol–water partition coefficient (Wildman–Crippen LogP) is 2.80. The Morgan fingerprint density at radius 3 is 2.72 bits per heavy atom. The van der Waals surface area contributed by atoms with Crippen LogP contribution in [0, 0.1) is 0 Å². The highest BCUT2D eigenvalue weighted by molar-refractivity contribution is 5.76. The first kappa shape index (κ1) is 20.2. The monoisotopic (exact) mass is 432 g/mol. The molecule has 1 aliphatic heterocycles. The Morgan fingerprint density at radius 2 is 1.91 bits per heavy atom. The molecule has 4 aromatic rings. The Balaban J connectivity index is 1.11. The van der Waals surface area contributed by atoms with Gasteiger partial charge in [0, 0.05) is 43.6 Å². The fraction of sp³-hybridized carbons (Fsp3) is 0.348. The van der Waals surface area contributed by atoms with Gasteiger partial charge < -0.3 is 14.3 Å². The molecule has 1 saturated heterocycles. The van der Waals surface area contributed by atoms with Crippen LogP contribution in [0.4, 0.5) is 0 Å². The number of carbonyl (C=O) groups is 1. The highest BCUT2D eigenvalue weighted by atomic mass is 16.4. The molecule has 164 valence electrons. The molecule has 1 aromatic carbocycles. The van der Waals surface area contributed by atoms with Crippen molar-refractivity contribution in [3.8, 4) is 11.5 Å². The number of benzene rings is 1. The van der Waals surface area contributed by atoms with Crippen LogP contribution in [0.1, 0.15) is 43.3 Å². The number of fused-ring (bicyclic) bond motifs is 1. The standard InChI is InChI=1S/C23H24N6O3/c30-20(10-4-9-19-24-21(31)18-8-5-13-29(18)27-19)28-14-11-17(12-15-28)23-26-25-22(32-23)16-6-2-1-3-7-16/h1-3,5-8,13,17H,4,9-12,14-15H2,(H,24,27,31). The van der Waals surface area contributed by atoms with E-state index in [1.54, 1.807) is 22.8 Å². The third-order valence-corrected chi connectivity index (χ3v) is 5.91. The number of aryl methyl sites for hydroxylation is 1. The van der Waals surface area contributed by atoms with Gasteiger partial charge >= 0.3 is 0 Å². The van der Waals surface area contributed by atoms with Gasteiger partial charge in [0.1, 0.15) is 11.3 Å². The SMILES string of the molecule is O=C(CCCc1nn2cccc2c(=O)[nH]1)N1CCC(c2nnc(-c3ccccc3)o2)CC1. The van der Waals surface area contributed by atoms with Crippen molar-refractivity contribution in [1.82, 2.24) is 29.7 Å². The Bertz CT molecular complexity index is 1270. The van der Waals surface area contributed by atoms with E-state index in [1.807, 2.05) is 35.2 Å². The number of hydrogen-bond acceptors (Lipinski definition) is 6. The minimum Gasteiger partial charge on any atom is -0.420 e. The zero-order valence-corrected chi connectivity index (χ0v) is 17.6. The summed E-state index contributed by atoms with van der Waals surface area (Å²) < 4.78 is 7.46. The van der Waals surface area contributed by atoms with Crippen LogP contribution in [0.15, 0.2) is 57.9 Å². The number of carbonyl (C=O) groups excluding carboxylic acids is 1. The molecule has 1 amide bonds. The number of hydrogen-bond donors (Lipinski definition) is 1. The number of nitrogens with zero attached hydrogens (tertiary/aromatic N) is 5. The largest absolute Gasteiger partial charge is 0.420 e. The molecule has 0 radical (unpaired) electrons. The quantitative estimate of drug-likeness (QED) is 0.502. The van der Waals surface area contributed by atoms with E-state index in [4.69, 9.17) is 4.42 Å². The summed E-state index contributed by atoms with van der Waals surface area (Å²) in [6.45, 7) is 1.36. The van der Waals surface area contributed by atoms with Gasteiger partial charge in [0.2, 0.25) is 17.7 Å². The molecule has 32 heavy (non-hydrogen) atoms. The van der Waals surface area contributed by atoms with Gasteiger partial charge in [-0.15, -0.1) is 10.2 Å². The van der Waals surface area contributed by atoms with Crippen molar-refractivity contribution in [2.24, 2.45) is 0 Å². The highest BCUT2D eigenvalue weighted by Gasteiger charge is 2.27. The summed E-state index contributed by atoms with van der Waals surface area (Å²) in [5.41, 5.74) is 1.26.